The topological polar surface area (TPSA) is 27.7 Å². The van der Waals surface area contributed by atoms with Gasteiger partial charge in [-0.15, -0.1) is 0 Å². The van der Waals surface area contributed by atoms with Gasteiger partial charge in [0.05, 0.1) is 0 Å². The summed E-state index contributed by atoms with van der Waals surface area (Å²) in [7, 11) is -3.64. The molecule has 0 fully saturated rings. The molecule has 0 aromatic heterocycles. The molecule has 0 radical (unpaired) electrons. The summed E-state index contributed by atoms with van der Waals surface area (Å²) < 4.78 is 138. The molecule has 34 heavy (non-hydrogen) atoms. The molecule has 0 aromatic carbocycles. The van der Waals surface area contributed by atoms with Crippen molar-refractivity contribution in [3.8, 4) is 0 Å². The van der Waals surface area contributed by atoms with Crippen molar-refractivity contribution in [2.24, 2.45) is 0 Å². The van der Waals surface area contributed by atoms with Crippen LogP contribution in [0.15, 0.2) is 0 Å². The molecule has 0 saturated heterocycles. The molecule has 0 aliphatic rings. The first-order chi connectivity index (χ1) is 15.7. The Hall–Kier alpha value is -0.685. The number of alkyl halides is 9. The van der Waals surface area contributed by atoms with Crippen LogP contribution in [-0.4, -0.2) is 44.2 Å². The van der Waals surface area contributed by atoms with Crippen LogP contribution >= 0.6 is 0 Å². The van der Waals surface area contributed by atoms with Crippen LogP contribution in [0.3, 0.4) is 0 Å². The van der Waals surface area contributed by atoms with Crippen LogP contribution in [0, 0.1) is 0 Å². The second-order valence-corrected chi connectivity index (χ2v) is 8.22. The Balaban J connectivity index is 5.52. The van der Waals surface area contributed by atoms with E-state index < -0.39 is 63.4 Å². The second kappa shape index (κ2) is 16.1. The van der Waals surface area contributed by atoms with E-state index in [2.05, 4.69) is 14.0 Å². The maximum Gasteiger partial charge on any atom is 0.652 e. The van der Waals surface area contributed by atoms with Gasteiger partial charge in [0.1, 0.15) is 0 Å². The minimum atomic E-state index is -4.90. The molecule has 204 valence electrons. The highest BCUT2D eigenvalue weighted by Crippen LogP contribution is 2.36. The highest BCUT2D eigenvalue weighted by molar-refractivity contribution is 6.36. The molecule has 3 nitrogen and oxygen atoms in total. The number of rotatable bonds is 21. The van der Waals surface area contributed by atoms with Crippen molar-refractivity contribution < 1.29 is 53.5 Å². The van der Waals surface area contributed by atoms with Gasteiger partial charge in [-0.2, -0.15) is 26.3 Å². The normalized spacial score (nSPS) is 15.9. The fraction of sp³-hybridized carbons (Fsp3) is 1.00. The van der Waals surface area contributed by atoms with Gasteiger partial charge in [-0.25, -0.2) is 13.2 Å². The number of halogens is 9. The molecular weight excluding hydrogens is 482 g/mol. The predicted octanol–water partition coefficient (Wildman–Crippen LogP) is 8.55. The van der Waals surface area contributed by atoms with Gasteiger partial charge in [0.15, 0.2) is 18.5 Å². The van der Waals surface area contributed by atoms with E-state index in [1.54, 1.807) is 20.8 Å². The number of unbranched alkanes of at least 4 members (excludes halogenated alkanes) is 6. The first-order valence-electron chi connectivity index (χ1n) is 11.8. The molecule has 0 bridgehead atoms. The maximum atomic E-state index is 14.1. The van der Waals surface area contributed by atoms with E-state index in [4.69, 9.17) is 0 Å². The van der Waals surface area contributed by atoms with E-state index in [9.17, 15) is 39.5 Å². The average Bonchev–Trinajstić information content (AvgIpc) is 2.72. The zero-order chi connectivity index (χ0) is 26.4. The van der Waals surface area contributed by atoms with E-state index in [1.807, 2.05) is 0 Å². The summed E-state index contributed by atoms with van der Waals surface area (Å²) >= 11 is 0. The zero-order valence-corrected chi connectivity index (χ0v) is 19.9. The third-order valence-corrected chi connectivity index (χ3v) is 5.04. The summed E-state index contributed by atoms with van der Waals surface area (Å²) in [6.07, 6.45) is -23.5. The van der Waals surface area contributed by atoms with Gasteiger partial charge in [0.2, 0.25) is 0 Å². The highest BCUT2D eigenvalue weighted by Gasteiger charge is 2.56. The van der Waals surface area contributed by atoms with Gasteiger partial charge >= 0.3 is 25.6 Å². The summed E-state index contributed by atoms with van der Waals surface area (Å²) in [5.74, 6) is 0. The molecule has 3 unspecified atom stereocenters. The van der Waals surface area contributed by atoms with Crippen molar-refractivity contribution in [1.29, 1.82) is 0 Å². The SMILES string of the molecule is CCCCCC(F)C(F)(F)OB(OC(F)(F)C(F)CCCCC)OC(F)(F)C(F)CCCCC. The molecule has 0 spiro atoms. The summed E-state index contributed by atoms with van der Waals surface area (Å²) in [6.45, 7) is 5.14. The quantitative estimate of drug-likeness (QED) is 0.0866. The smallest absolute Gasteiger partial charge is 0.324 e. The van der Waals surface area contributed by atoms with Gasteiger partial charge in [-0.3, -0.25) is 0 Å². The summed E-state index contributed by atoms with van der Waals surface area (Å²) in [5.41, 5.74) is 0. The van der Waals surface area contributed by atoms with Gasteiger partial charge in [-0.1, -0.05) is 78.6 Å². The molecule has 13 heteroatoms. The van der Waals surface area contributed by atoms with E-state index in [0.717, 1.165) is 0 Å². The first-order valence-corrected chi connectivity index (χ1v) is 11.8. The van der Waals surface area contributed by atoms with E-state index in [0.29, 0.717) is 38.5 Å². The van der Waals surface area contributed by atoms with Crippen LogP contribution in [-0.2, 0) is 14.0 Å². The lowest BCUT2D eigenvalue weighted by atomic mass is 10.1. The molecule has 0 aromatic rings. The third kappa shape index (κ3) is 12.9. The van der Waals surface area contributed by atoms with Crippen LogP contribution < -0.4 is 0 Å². The lowest BCUT2D eigenvalue weighted by Gasteiger charge is -2.30. The molecular formula is C21H36BF9O3. The fourth-order valence-corrected chi connectivity index (χ4v) is 2.90. The second-order valence-electron chi connectivity index (χ2n) is 8.22. The fourth-order valence-electron chi connectivity index (χ4n) is 2.90. The summed E-state index contributed by atoms with van der Waals surface area (Å²) in [6, 6.07) is 0. The molecule has 0 rings (SSSR count). The molecule has 0 aliphatic heterocycles. The van der Waals surface area contributed by atoms with Gasteiger partial charge < -0.3 is 14.0 Å². The lowest BCUT2D eigenvalue weighted by Crippen LogP contribution is -2.51. The van der Waals surface area contributed by atoms with Crippen LogP contribution in [0.5, 0.6) is 0 Å². The molecule has 0 saturated carbocycles. The summed E-state index contributed by atoms with van der Waals surface area (Å²) in [5, 5.41) is 0. The van der Waals surface area contributed by atoms with Gasteiger partial charge in [0, 0.05) is 0 Å². The molecule has 3 atom stereocenters. The monoisotopic (exact) mass is 518 g/mol. The van der Waals surface area contributed by atoms with Crippen LogP contribution in [0.4, 0.5) is 39.5 Å². The van der Waals surface area contributed by atoms with Crippen molar-refractivity contribution in [2.75, 3.05) is 0 Å². The maximum absolute atomic E-state index is 14.1. The van der Waals surface area contributed by atoms with Crippen LogP contribution in [0.25, 0.3) is 0 Å². The molecule has 0 heterocycles. The van der Waals surface area contributed by atoms with Crippen molar-refractivity contribution in [1.82, 2.24) is 0 Å². The Kier molecular flexibility index (Phi) is 15.8. The molecule has 0 aliphatic carbocycles. The highest BCUT2D eigenvalue weighted by atomic mass is 19.3. The van der Waals surface area contributed by atoms with Gasteiger partial charge in [-0.05, 0) is 19.3 Å². The number of hydrogen-bond donors (Lipinski definition) is 0. The van der Waals surface area contributed by atoms with Crippen LogP contribution in [0.1, 0.15) is 97.8 Å². The van der Waals surface area contributed by atoms with Gasteiger partial charge in [0.25, 0.3) is 0 Å². The Morgan fingerprint density at radius 1 is 0.500 bits per heavy atom. The molecule has 0 amide bonds. The third-order valence-electron chi connectivity index (χ3n) is 5.04. The van der Waals surface area contributed by atoms with Crippen molar-refractivity contribution in [3.05, 3.63) is 0 Å². The zero-order valence-electron chi connectivity index (χ0n) is 19.9. The Morgan fingerprint density at radius 2 is 0.735 bits per heavy atom. The minimum Gasteiger partial charge on any atom is -0.324 e. The Labute approximate surface area is 196 Å². The standard InChI is InChI=1S/C21H36BF9O3/c1-4-7-10-13-16(23)19(26,27)32-22(33-20(28,29)17(24)14-11-8-5-2)34-21(30,31)18(25)15-12-9-6-3/h16-18H,4-15H2,1-3H3. The van der Waals surface area contributed by atoms with E-state index >= 15 is 0 Å². The average molecular weight is 518 g/mol. The largest absolute Gasteiger partial charge is 0.652 e. The molecule has 0 N–H and O–H groups in total. The number of hydrogen-bond acceptors (Lipinski definition) is 3. The van der Waals surface area contributed by atoms with Crippen molar-refractivity contribution in [2.45, 2.75) is 135 Å². The van der Waals surface area contributed by atoms with Crippen molar-refractivity contribution in [3.63, 3.8) is 0 Å². The minimum absolute atomic E-state index is 0.0245. The Bertz CT molecular complexity index is 458. The van der Waals surface area contributed by atoms with Crippen molar-refractivity contribution >= 4 is 7.32 Å². The van der Waals surface area contributed by atoms with E-state index in [-0.39, 0.29) is 19.3 Å². The predicted molar refractivity (Wildman–Crippen MR) is 111 cm³/mol. The van der Waals surface area contributed by atoms with Crippen LogP contribution in [0.2, 0.25) is 0 Å². The first kappa shape index (κ1) is 33.3. The summed E-state index contributed by atoms with van der Waals surface area (Å²) in [4.78, 5) is 0. The Morgan fingerprint density at radius 3 is 0.941 bits per heavy atom. The lowest BCUT2D eigenvalue weighted by molar-refractivity contribution is -0.308. The van der Waals surface area contributed by atoms with E-state index in [1.165, 1.54) is 0 Å².